The molecule has 0 aliphatic rings. The maximum atomic E-state index is 12.2. The Morgan fingerprint density at radius 2 is 1.05 bits per heavy atom. The number of halogens is 10. The van der Waals surface area contributed by atoms with Crippen LogP contribution in [0.25, 0.3) is 0 Å². The summed E-state index contributed by atoms with van der Waals surface area (Å²) >= 11 is 0. The molecule has 0 spiro atoms. The Kier molecular flexibility index (Phi) is 4.20. The minimum absolute atomic E-state index is 1.51. The number of hydrogen-bond acceptors (Lipinski definition) is 2. The molecule has 19 heavy (non-hydrogen) atoms. The summed E-state index contributed by atoms with van der Waals surface area (Å²) in [5.74, 6) is -19.1. The average Bonchev–Trinajstić information content (AvgIpc) is 2.13. The molecular formula is C7H2F10O2. The lowest BCUT2D eigenvalue weighted by molar-refractivity contribution is -0.275. The van der Waals surface area contributed by atoms with Crippen LogP contribution in [0.3, 0.4) is 0 Å². The molecule has 1 N–H and O–H groups in total. The largest absolute Gasteiger partial charge is 0.506 e. The lowest BCUT2D eigenvalue weighted by atomic mass is 10.1. The van der Waals surface area contributed by atoms with Crippen molar-refractivity contribution in [3.8, 4) is 0 Å². The van der Waals surface area contributed by atoms with Crippen molar-refractivity contribution >= 4 is 5.78 Å². The molecule has 0 aromatic carbocycles. The van der Waals surface area contributed by atoms with Gasteiger partial charge in [-0.25, -0.2) is 0 Å². The Hall–Kier alpha value is -1.49. The fourth-order valence-electron chi connectivity index (χ4n) is 0.590. The third-order valence-electron chi connectivity index (χ3n) is 1.61. The zero-order valence-corrected chi connectivity index (χ0v) is 8.21. The number of aliphatic hydroxyl groups excluding tert-OH is 1. The summed E-state index contributed by atoms with van der Waals surface area (Å²) < 4.78 is 118. The Labute approximate surface area is 96.9 Å². The lowest BCUT2D eigenvalue weighted by Crippen LogP contribution is -2.44. The first-order valence-electron chi connectivity index (χ1n) is 3.89. The zero-order valence-electron chi connectivity index (χ0n) is 8.21. The Balaban J connectivity index is 5.46. The smallest absolute Gasteiger partial charge is 0.461 e. The van der Waals surface area contributed by atoms with Crippen molar-refractivity contribution in [1.29, 1.82) is 0 Å². The van der Waals surface area contributed by atoms with Gasteiger partial charge < -0.3 is 5.11 Å². The number of ketones is 1. The number of carbonyl (C=O) groups is 1. The first-order chi connectivity index (χ1) is 8.05. The van der Waals surface area contributed by atoms with Crippen LogP contribution in [-0.2, 0) is 4.79 Å². The van der Waals surface area contributed by atoms with Crippen LogP contribution in [0.5, 0.6) is 0 Å². The highest BCUT2D eigenvalue weighted by Gasteiger charge is 2.65. The highest BCUT2D eigenvalue weighted by Crippen LogP contribution is 2.41. The van der Waals surface area contributed by atoms with Crippen molar-refractivity contribution in [3.05, 3.63) is 11.8 Å². The summed E-state index contributed by atoms with van der Waals surface area (Å²) in [7, 11) is 0. The number of aliphatic hydroxyl groups is 1. The molecule has 12 heteroatoms. The second kappa shape index (κ2) is 4.56. The average molecular weight is 308 g/mol. The van der Waals surface area contributed by atoms with E-state index in [0.29, 0.717) is 0 Å². The summed E-state index contributed by atoms with van der Waals surface area (Å²) in [6, 6.07) is 0. The SMILES string of the molecule is O=C(C=C(O)C(F)(F)C(F)(F)F)C(F)(F)C(F)(F)F. The minimum Gasteiger partial charge on any atom is -0.506 e. The van der Waals surface area contributed by atoms with E-state index in [-0.39, 0.29) is 0 Å². The van der Waals surface area contributed by atoms with Gasteiger partial charge in [0.1, 0.15) is 0 Å². The molecule has 2 nitrogen and oxygen atoms in total. The molecule has 0 rings (SSSR count). The van der Waals surface area contributed by atoms with Gasteiger partial charge in [0.15, 0.2) is 5.76 Å². The van der Waals surface area contributed by atoms with Crippen molar-refractivity contribution in [3.63, 3.8) is 0 Å². The van der Waals surface area contributed by atoms with Gasteiger partial charge in [-0.05, 0) is 0 Å². The Bertz CT molecular complexity index is 388. The molecule has 0 aliphatic heterocycles. The second-order valence-electron chi connectivity index (χ2n) is 3.04. The van der Waals surface area contributed by atoms with E-state index in [1.807, 2.05) is 0 Å². The van der Waals surface area contributed by atoms with E-state index in [9.17, 15) is 48.7 Å². The van der Waals surface area contributed by atoms with Crippen molar-refractivity contribution in [1.82, 2.24) is 0 Å². The van der Waals surface area contributed by atoms with Crippen molar-refractivity contribution in [2.45, 2.75) is 24.2 Å². The topological polar surface area (TPSA) is 37.3 Å². The molecule has 0 unspecified atom stereocenters. The standard InChI is InChI=1S/C7H2F10O2/c8-4(9,6(12,13)14)2(18)1-3(19)5(10,11)7(15,16)17/h1,18H. The van der Waals surface area contributed by atoms with Gasteiger partial charge >= 0.3 is 24.2 Å². The highest BCUT2D eigenvalue weighted by molar-refractivity contribution is 5.96. The van der Waals surface area contributed by atoms with E-state index in [1.54, 1.807) is 0 Å². The summed E-state index contributed by atoms with van der Waals surface area (Å²) in [6.07, 6.45) is -14.5. The number of hydrogen-bond donors (Lipinski definition) is 1. The third-order valence-corrected chi connectivity index (χ3v) is 1.61. The Morgan fingerprint density at radius 3 is 1.32 bits per heavy atom. The van der Waals surface area contributed by atoms with Crippen LogP contribution in [0.4, 0.5) is 43.9 Å². The van der Waals surface area contributed by atoms with Crippen molar-refractivity contribution in [2.24, 2.45) is 0 Å². The number of carbonyl (C=O) groups excluding carboxylic acids is 1. The van der Waals surface area contributed by atoms with Gasteiger partial charge in [0.25, 0.3) is 0 Å². The number of alkyl halides is 10. The van der Waals surface area contributed by atoms with E-state index in [0.717, 1.165) is 0 Å². The molecule has 0 fully saturated rings. The van der Waals surface area contributed by atoms with E-state index in [2.05, 4.69) is 0 Å². The molecule has 0 aromatic heterocycles. The molecule has 0 heterocycles. The molecular weight excluding hydrogens is 306 g/mol. The molecule has 0 aliphatic carbocycles. The summed E-state index contributed by atoms with van der Waals surface area (Å²) in [5, 5.41) is 8.18. The van der Waals surface area contributed by atoms with Crippen LogP contribution in [0, 0.1) is 0 Å². The van der Waals surface area contributed by atoms with Crippen molar-refractivity contribution in [2.75, 3.05) is 0 Å². The maximum Gasteiger partial charge on any atom is 0.461 e. The van der Waals surface area contributed by atoms with E-state index >= 15 is 0 Å². The third kappa shape index (κ3) is 3.29. The van der Waals surface area contributed by atoms with E-state index in [1.165, 1.54) is 0 Å². The number of rotatable bonds is 3. The monoisotopic (exact) mass is 308 g/mol. The fraction of sp³-hybridized carbons (Fsp3) is 0.571. The molecule has 0 atom stereocenters. The highest BCUT2D eigenvalue weighted by atomic mass is 19.4. The lowest BCUT2D eigenvalue weighted by Gasteiger charge is -2.20. The molecule has 112 valence electrons. The van der Waals surface area contributed by atoms with Crippen LogP contribution < -0.4 is 0 Å². The minimum atomic E-state index is -6.51. The predicted molar refractivity (Wildman–Crippen MR) is 37.7 cm³/mol. The molecule has 0 bridgehead atoms. The molecule has 0 amide bonds. The second-order valence-corrected chi connectivity index (χ2v) is 3.04. The van der Waals surface area contributed by atoms with Crippen LogP contribution in [-0.4, -0.2) is 35.1 Å². The first kappa shape index (κ1) is 17.5. The molecule has 0 aromatic rings. The summed E-state index contributed by atoms with van der Waals surface area (Å²) in [4.78, 5) is 10.3. The van der Waals surface area contributed by atoms with Gasteiger partial charge in [-0.1, -0.05) is 0 Å². The van der Waals surface area contributed by atoms with Gasteiger partial charge in [0, 0.05) is 6.08 Å². The first-order valence-corrected chi connectivity index (χ1v) is 3.89. The summed E-state index contributed by atoms with van der Waals surface area (Å²) in [5.41, 5.74) is 0. The van der Waals surface area contributed by atoms with Gasteiger partial charge in [0.05, 0.1) is 0 Å². The zero-order chi connectivity index (χ0) is 15.9. The van der Waals surface area contributed by atoms with E-state index < -0.39 is 41.8 Å². The van der Waals surface area contributed by atoms with Gasteiger partial charge in [0.2, 0.25) is 5.78 Å². The van der Waals surface area contributed by atoms with Crippen molar-refractivity contribution < 1.29 is 53.8 Å². The molecule has 0 saturated heterocycles. The molecule has 0 saturated carbocycles. The Morgan fingerprint density at radius 1 is 0.737 bits per heavy atom. The van der Waals surface area contributed by atoms with Crippen LogP contribution in [0.1, 0.15) is 0 Å². The molecule has 0 radical (unpaired) electrons. The van der Waals surface area contributed by atoms with E-state index in [4.69, 9.17) is 5.11 Å². The summed E-state index contributed by atoms with van der Waals surface area (Å²) in [6.45, 7) is 0. The van der Waals surface area contributed by atoms with Gasteiger partial charge in [-0.15, -0.1) is 0 Å². The maximum absolute atomic E-state index is 12.2. The fourth-order valence-corrected chi connectivity index (χ4v) is 0.590. The quantitative estimate of drug-likeness (QED) is 0.493. The van der Waals surface area contributed by atoms with Crippen LogP contribution in [0.2, 0.25) is 0 Å². The van der Waals surface area contributed by atoms with Gasteiger partial charge in [-0.2, -0.15) is 43.9 Å². The normalized spacial score (nSPS) is 15.6. The number of allylic oxidation sites excluding steroid dienone is 2. The van der Waals surface area contributed by atoms with Gasteiger partial charge in [-0.3, -0.25) is 4.79 Å². The van der Waals surface area contributed by atoms with Crippen LogP contribution >= 0.6 is 0 Å². The van der Waals surface area contributed by atoms with Crippen LogP contribution in [0.15, 0.2) is 11.8 Å². The predicted octanol–water partition coefficient (Wildman–Crippen LogP) is 3.39.